The van der Waals surface area contributed by atoms with Gasteiger partial charge in [-0.3, -0.25) is 9.59 Å². The summed E-state index contributed by atoms with van der Waals surface area (Å²) in [5, 5.41) is 0. The molecule has 0 bridgehead atoms. The number of hydrogen-bond donors (Lipinski definition) is 0. The molecule has 0 radical (unpaired) electrons. The maximum atomic E-state index is 12.0. The van der Waals surface area contributed by atoms with Crippen molar-refractivity contribution in [3.63, 3.8) is 0 Å². The predicted molar refractivity (Wildman–Crippen MR) is 79.3 cm³/mol. The van der Waals surface area contributed by atoms with E-state index in [4.69, 9.17) is 9.47 Å². The summed E-state index contributed by atoms with van der Waals surface area (Å²) < 4.78 is 10.6. The third-order valence-corrected chi connectivity index (χ3v) is 4.25. The lowest BCUT2D eigenvalue weighted by atomic mass is 9.85. The Bertz CT molecular complexity index is 329. The van der Waals surface area contributed by atoms with E-state index in [-0.39, 0.29) is 18.5 Å². The molecule has 0 N–H and O–H groups in total. The van der Waals surface area contributed by atoms with Crippen LogP contribution in [-0.4, -0.2) is 24.6 Å². The van der Waals surface area contributed by atoms with E-state index in [1.807, 2.05) is 41.5 Å². The Morgan fingerprint density at radius 2 is 1.45 bits per heavy atom. The maximum absolute atomic E-state index is 12.0. The second kappa shape index (κ2) is 7.65. The summed E-state index contributed by atoms with van der Waals surface area (Å²) in [6.07, 6.45) is 1.76. The van der Waals surface area contributed by atoms with E-state index in [2.05, 4.69) is 0 Å². The highest BCUT2D eigenvalue weighted by molar-refractivity contribution is 5.77. The summed E-state index contributed by atoms with van der Waals surface area (Å²) >= 11 is 0. The number of hydrogen-bond acceptors (Lipinski definition) is 4. The highest BCUT2D eigenvalue weighted by Crippen LogP contribution is 2.27. The lowest BCUT2D eigenvalue weighted by Gasteiger charge is -2.26. The van der Waals surface area contributed by atoms with Gasteiger partial charge in [-0.05, 0) is 47.0 Å². The molecule has 0 aliphatic rings. The molecule has 4 heteroatoms. The molecule has 20 heavy (non-hydrogen) atoms. The smallest absolute Gasteiger partial charge is 0.311 e. The molecule has 1 unspecified atom stereocenters. The van der Waals surface area contributed by atoms with Crippen LogP contribution in [0, 0.1) is 10.8 Å². The number of rotatable bonds is 8. The zero-order chi connectivity index (χ0) is 16.0. The summed E-state index contributed by atoms with van der Waals surface area (Å²) in [5.41, 5.74) is -0.952. The van der Waals surface area contributed by atoms with E-state index in [1.165, 1.54) is 0 Å². The summed E-state index contributed by atoms with van der Waals surface area (Å²) in [6.45, 7) is 13.3. The minimum Gasteiger partial charge on any atom is -0.461 e. The third-order valence-electron chi connectivity index (χ3n) is 4.25. The normalized spacial score (nSPS) is 13.8. The molecule has 0 aromatic carbocycles. The maximum Gasteiger partial charge on any atom is 0.311 e. The summed E-state index contributed by atoms with van der Waals surface area (Å²) in [6, 6.07) is 0. The van der Waals surface area contributed by atoms with E-state index in [1.54, 1.807) is 6.92 Å². The topological polar surface area (TPSA) is 52.6 Å². The Labute approximate surface area is 123 Å². The largest absolute Gasteiger partial charge is 0.461 e. The van der Waals surface area contributed by atoms with Crippen molar-refractivity contribution in [1.82, 2.24) is 0 Å². The summed E-state index contributed by atoms with van der Waals surface area (Å²) in [7, 11) is 0. The highest BCUT2D eigenvalue weighted by atomic mass is 16.6. The Morgan fingerprint density at radius 3 is 1.85 bits per heavy atom. The first kappa shape index (κ1) is 18.9. The first-order chi connectivity index (χ1) is 9.12. The Hall–Kier alpha value is -1.06. The second-order valence-electron chi connectivity index (χ2n) is 6.32. The Balaban J connectivity index is 4.34. The van der Waals surface area contributed by atoms with Crippen molar-refractivity contribution >= 4 is 11.9 Å². The molecule has 0 saturated heterocycles. The first-order valence-corrected chi connectivity index (χ1v) is 7.51. The van der Waals surface area contributed by atoms with Gasteiger partial charge in [0.25, 0.3) is 0 Å². The Kier molecular flexibility index (Phi) is 7.25. The lowest BCUT2D eigenvalue weighted by Crippen LogP contribution is -2.34. The molecule has 0 aliphatic heterocycles. The van der Waals surface area contributed by atoms with Crippen molar-refractivity contribution in [3.8, 4) is 0 Å². The van der Waals surface area contributed by atoms with Gasteiger partial charge in [0.05, 0.1) is 10.8 Å². The van der Waals surface area contributed by atoms with Crippen LogP contribution in [0.15, 0.2) is 0 Å². The van der Waals surface area contributed by atoms with E-state index >= 15 is 0 Å². The van der Waals surface area contributed by atoms with Gasteiger partial charge in [0.2, 0.25) is 0 Å². The first-order valence-electron chi connectivity index (χ1n) is 7.51. The van der Waals surface area contributed by atoms with Crippen LogP contribution in [0.4, 0.5) is 0 Å². The molecule has 0 aromatic rings. The van der Waals surface area contributed by atoms with Crippen molar-refractivity contribution in [1.29, 1.82) is 0 Å². The van der Waals surface area contributed by atoms with Gasteiger partial charge in [-0.2, -0.15) is 0 Å². The monoisotopic (exact) mass is 286 g/mol. The number of ether oxygens (including phenoxy) is 2. The molecule has 0 fully saturated rings. The van der Waals surface area contributed by atoms with E-state index in [0.29, 0.717) is 6.42 Å². The van der Waals surface area contributed by atoms with Crippen molar-refractivity contribution in [3.05, 3.63) is 0 Å². The van der Waals surface area contributed by atoms with Crippen molar-refractivity contribution in [2.75, 3.05) is 6.61 Å². The summed E-state index contributed by atoms with van der Waals surface area (Å²) in [4.78, 5) is 23.9. The fraction of sp³-hybridized carbons (Fsp3) is 0.875. The molecule has 4 nitrogen and oxygen atoms in total. The Morgan fingerprint density at radius 1 is 0.950 bits per heavy atom. The average Bonchev–Trinajstić information content (AvgIpc) is 2.43. The van der Waals surface area contributed by atoms with Gasteiger partial charge in [-0.15, -0.1) is 0 Å². The van der Waals surface area contributed by atoms with Crippen LogP contribution in [0.2, 0.25) is 0 Å². The molecule has 0 amide bonds. The molecule has 0 rings (SSSR count). The molecule has 0 heterocycles. The van der Waals surface area contributed by atoms with Gasteiger partial charge >= 0.3 is 11.9 Å². The van der Waals surface area contributed by atoms with Gasteiger partial charge in [0.15, 0.2) is 0 Å². The van der Waals surface area contributed by atoms with Crippen molar-refractivity contribution in [2.24, 2.45) is 10.8 Å². The van der Waals surface area contributed by atoms with E-state index < -0.39 is 16.9 Å². The number of esters is 2. The van der Waals surface area contributed by atoms with E-state index in [9.17, 15) is 9.59 Å². The molecular weight excluding hydrogens is 256 g/mol. The lowest BCUT2D eigenvalue weighted by molar-refractivity contribution is -0.169. The SMILES string of the molecule is CCC(C)(C)C(=O)OC(C)COC(=O)C(C)(CC)CC. The van der Waals surface area contributed by atoms with E-state index in [0.717, 1.165) is 12.8 Å². The minimum atomic E-state index is -0.500. The number of carbonyl (C=O) groups is 2. The van der Waals surface area contributed by atoms with Crippen LogP contribution in [-0.2, 0) is 19.1 Å². The molecule has 1 atom stereocenters. The molecule has 0 aliphatic carbocycles. The zero-order valence-electron chi connectivity index (χ0n) is 14.0. The van der Waals surface area contributed by atoms with Gasteiger partial charge < -0.3 is 9.47 Å². The van der Waals surface area contributed by atoms with Gasteiger partial charge in [-0.1, -0.05) is 20.8 Å². The quantitative estimate of drug-likeness (QED) is 0.638. The molecule has 0 saturated carbocycles. The van der Waals surface area contributed by atoms with Gasteiger partial charge in [-0.25, -0.2) is 0 Å². The van der Waals surface area contributed by atoms with Crippen LogP contribution >= 0.6 is 0 Å². The molecule has 0 aromatic heterocycles. The van der Waals surface area contributed by atoms with Crippen LogP contribution < -0.4 is 0 Å². The van der Waals surface area contributed by atoms with Crippen LogP contribution in [0.5, 0.6) is 0 Å². The summed E-state index contributed by atoms with van der Waals surface area (Å²) in [5.74, 6) is -0.475. The van der Waals surface area contributed by atoms with Gasteiger partial charge in [0.1, 0.15) is 12.7 Å². The average molecular weight is 286 g/mol. The molecule has 118 valence electrons. The second-order valence-corrected chi connectivity index (χ2v) is 6.32. The standard InChI is InChI=1S/C16H30O4/c1-8-15(5,6)13(17)20-12(4)11-19-14(18)16(7,9-2)10-3/h12H,8-11H2,1-7H3. The third kappa shape index (κ3) is 5.14. The molecule has 0 spiro atoms. The fourth-order valence-electron chi connectivity index (χ4n) is 1.43. The van der Waals surface area contributed by atoms with Crippen LogP contribution in [0.3, 0.4) is 0 Å². The number of carbonyl (C=O) groups excluding carboxylic acids is 2. The predicted octanol–water partition coefficient (Wildman–Crippen LogP) is 3.72. The van der Waals surface area contributed by atoms with Crippen molar-refractivity contribution < 1.29 is 19.1 Å². The van der Waals surface area contributed by atoms with Crippen molar-refractivity contribution in [2.45, 2.75) is 73.8 Å². The van der Waals surface area contributed by atoms with Crippen LogP contribution in [0.1, 0.15) is 67.7 Å². The highest BCUT2D eigenvalue weighted by Gasteiger charge is 2.32. The fourth-order valence-corrected chi connectivity index (χ4v) is 1.43. The van der Waals surface area contributed by atoms with Crippen LogP contribution in [0.25, 0.3) is 0 Å². The zero-order valence-corrected chi connectivity index (χ0v) is 14.0. The molecular formula is C16H30O4. The minimum absolute atomic E-state index is 0.111. The van der Waals surface area contributed by atoms with Gasteiger partial charge in [0, 0.05) is 0 Å².